The van der Waals surface area contributed by atoms with Crippen molar-refractivity contribution in [1.29, 1.82) is 0 Å². The van der Waals surface area contributed by atoms with Crippen LogP contribution in [0.5, 0.6) is 0 Å². The van der Waals surface area contributed by atoms with Crippen molar-refractivity contribution in [2.75, 3.05) is 0 Å². The van der Waals surface area contributed by atoms with Crippen LogP contribution in [0.4, 0.5) is 0 Å². The molecule has 0 bridgehead atoms. The van der Waals surface area contributed by atoms with E-state index in [1.807, 2.05) is 18.2 Å². The number of carbonyl (C=O) groups excluding carboxylic acids is 1. The summed E-state index contributed by atoms with van der Waals surface area (Å²) in [5.41, 5.74) is 7.32. The molecular formula is C18H29ClN2O. The Bertz CT molecular complexity index is 450. The van der Waals surface area contributed by atoms with Gasteiger partial charge >= 0.3 is 0 Å². The van der Waals surface area contributed by atoms with Crippen LogP contribution in [0.3, 0.4) is 0 Å². The fourth-order valence-corrected chi connectivity index (χ4v) is 3.26. The van der Waals surface area contributed by atoms with Gasteiger partial charge < -0.3 is 11.1 Å². The molecule has 0 aromatic heterocycles. The summed E-state index contributed by atoms with van der Waals surface area (Å²) < 4.78 is 0. The van der Waals surface area contributed by atoms with Gasteiger partial charge in [-0.15, -0.1) is 12.4 Å². The normalized spacial score (nSPS) is 22.7. The van der Waals surface area contributed by atoms with Gasteiger partial charge in [-0.25, -0.2) is 0 Å². The highest BCUT2D eigenvalue weighted by Crippen LogP contribution is 2.27. The van der Waals surface area contributed by atoms with Gasteiger partial charge in [-0.3, -0.25) is 4.79 Å². The molecule has 0 radical (unpaired) electrons. The summed E-state index contributed by atoms with van der Waals surface area (Å²) in [5.74, 6) is 0.860. The molecule has 1 aromatic carbocycles. The number of nitrogens with two attached hydrogens (primary N) is 1. The Morgan fingerprint density at radius 2 is 1.86 bits per heavy atom. The van der Waals surface area contributed by atoms with Crippen LogP contribution in [-0.2, 0) is 4.79 Å². The van der Waals surface area contributed by atoms with Crippen LogP contribution in [0.25, 0.3) is 0 Å². The summed E-state index contributed by atoms with van der Waals surface area (Å²) in [5, 5.41) is 3.21. The Hall–Kier alpha value is -1.06. The summed E-state index contributed by atoms with van der Waals surface area (Å²) in [7, 11) is 0. The number of rotatable bonds is 5. The zero-order valence-corrected chi connectivity index (χ0v) is 14.4. The van der Waals surface area contributed by atoms with Crippen molar-refractivity contribution in [1.82, 2.24) is 5.32 Å². The molecule has 1 saturated carbocycles. The maximum absolute atomic E-state index is 12.4. The maximum Gasteiger partial charge on any atom is 0.220 e. The Labute approximate surface area is 140 Å². The van der Waals surface area contributed by atoms with E-state index < -0.39 is 0 Å². The Morgan fingerprint density at radius 3 is 2.45 bits per heavy atom. The molecule has 124 valence electrons. The Balaban J connectivity index is 0.00000242. The number of nitrogens with one attached hydrogen (secondary N) is 1. The second-order valence-corrected chi connectivity index (χ2v) is 6.61. The molecule has 3 unspecified atom stereocenters. The predicted molar refractivity (Wildman–Crippen MR) is 94.0 cm³/mol. The third kappa shape index (κ3) is 5.29. The molecule has 4 heteroatoms. The summed E-state index contributed by atoms with van der Waals surface area (Å²) in [6.07, 6.45) is 5.13. The van der Waals surface area contributed by atoms with Crippen LogP contribution in [0, 0.1) is 11.8 Å². The minimum Gasteiger partial charge on any atom is -0.349 e. The number of amides is 1. The first-order chi connectivity index (χ1) is 10.1. The molecular weight excluding hydrogens is 296 g/mol. The molecule has 1 aromatic rings. The standard InChI is InChI=1S/C18H28N2O.ClH/c1-13(2)18(14-8-4-3-5-9-14)20-17(21)12-15-10-6-7-11-16(15)19;/h3-5,8-9,13,15-16,18H,6-7,10-12,19H2,1-2H3,(H,20,21);1H. The fourth-order valence-electron chi connectivity index (χ4n) is 3.26. The van der Waals surface area contributed by atoms with Gasteiger partial charge in [0.2, 0.25) is 5.91 Å². The van der Waals surface area contributed by atoms with Crippen molar-refractivity contribution in [3.05, 3.63) is 35.9 Å². The van der Waals surface area contributed by atoms with Gasteiger partial charge in [-0.05, 0) is 30.2 Å². The average Bonchev–Trinajstić information content (AvgIpc) is 2.48. The van der Waals surface area contributed by atoms with Gasteiger partial charge in [0.15, 0.2) is 0 Å². The smallest absolute Gasteiger partial charge is 0.220 e. The average molecular weight is 325 g/mol. The van der Waals surface area contributed by atoms with Gasteiger partial charge in [0.05, 0.1) is 6.04 Å². The van der Waals surface area contributed by atoms with Crippen LogP contribution in [0.1, 0.15) is 57.6 Å². The molecule has 3 nitrogen and oxygen atoms in total. The van der Waals surface area contributed by atoms with Crippen molar-refractivity contribution < 1.29 is 4.79 Å². The molecule has 1 fully saturated rings. The number of halogens is 1. The highest BCUT2D eigenvalue weighted by Gasteiger charge is 2.26. The molecule has 3 N–H and O–H groups in total. The van der Waals surface area contributed by atoms with E-state index in [1.54, 1.807) is 0 Å². The monoisotopic (exact) mass is 324 g/mol. The van der Waals surface area contributed by atoms with Crippen LogP contribution in [0.2, 0.25) is 0 Å². The predicted octanol–water partition coefficient (Wildman–Crippen LogP) is 3.83. The third-order valence-electron chi connectivity index (χ3n) is 4.56. The summed E-state index contributed by atoms with van der Waals surface area (Å²) >= 11 is 0. The second kappa shape index (κ2) is 9.16. The maximum atomic E-state index is 12.4. The minimum absolute atomic E-state index is 0. The molecule has 1 aliphatic rings. The topological polar surface area (TPSA) is 55.1 Å². The first kappa shape index (κ1) is 19.0. The number of carbonyl (C=O) groups is 1. The Morgan fingerprint density at radius 1 is 1.23 bits per heavy atom. The first-order valence-electron chi connectivity index (χ1n) is 8.18. The van der Waals surface area contributed by atoms with Gasteiger partial charge in [-0.2, -0.15) is 0 Å². The summed E-state index contributed by atoms with van der Waals surface area (Å²) in [6, 6.07) is 10.5. The molecule has 3 atom stereocenters. The zero-order chi connectivity index (χ0) is 15.2. The van der Waals surface area contributed by atoms with Crippen molar-refractivity contribution in [3.63, 3.8) is 0 Å². The lowest BCUT2D eigenvalue weighted by Crippen LogP contribution is -2.38. The molecule has 0 heterocycles. The van der Waals surface area contributed by atoms with Crippen LogP contribution >= 0.6 is 12.4 Å². The molecule has 1 amide bonds. The molecule has 0 saturated heterocycles. The van der Waals surface area contributed by atoms with E-state index in [4.69, 9.17) is 5.73 Å². The van der Waals surface area contributed by atoms with Crippen LogP contribution < -0.4 is 11.1 Å². The zero-order valence-electron chi connectivity index (χ0n) is 13.6. The lowest BCUT2D eigenvalue weighted by Gasteiger charge is -2.29. The van der Waals surface area contributed by atoms with E-state index in [0.717, 1.165) is 12.8 Å². The fraction of sp³-hybridized carbons (Fsp3) is 0.611. The third-order valence-corrected chi connectivity index (χ3v) is 4.56. The van der Waals surface area contributed by atoms with Gasteiger partial charge in [0, 0.05) is 12.5 Å². The molecule has 2 rings (SSSR count). The SMILES string of the molecule is CC(C)C(NC(=O)CC1CCCCC1N)c1ccccc1.Cl. The van der Waals surface area contributed by atoms with E-state index in [1.165, 1.54) is 18.4 Å². The lowest BCUT2D eigenvalue weighted by molar-refractivity contribution is -0.123. The minimum atomic E-state index is 0. The lowest BCUT2D eigenvalue weighted by atomic mass is 9.82. The largest absolute Gasteiger partial charge is 0.349 e. The van der Waals surface area contributed by atoms with E-state index in [2.05, 4.69) is 31.3 Å². The van der Waals surface area contributed by atoms with Crippen molar-refractivity contribution in [2.24, 2.45) is 17.6 Å². The number of hydrogen-bond acceptors (Lipinski definition) is 2. The number of benzene rings is 1. The van der Waals surface area contributed by atoms with Gasteiger partial charge in [0.1, 0.15) is 0 Å². The van der Waals surface area contributed by atoms with E-state index in [-0.39, 0.29) is 30.4 Å². The van der Waals surface area contributed by atoms with Crippen LogP contribution in [-0.4, -0.2) is 11.9 Å². The molecule has 22 heavy (non-hydrogen) atoms. The van der Waals surface area contributed by atoms with Gasteiger partial charge in [-0.1, -0.05) is 57.0 Å². The van der Waals surface area contributed by atoms with Crippen molar-refractivity contribution in [3.8, 4) is 0 Å². The van der Waals surface area contributed by atoms with Crippen molar-refractivity contribution >= 4 is 18.3 Å². The summed E-state index contributed by atoms with van der Waals surface area (Å²) in [6.45, 7) is 4.29. The van der Waals surface area contributed by atoms with E-state index in [9.17, 15) is 4.79 Å². The quantitative estimate of drug-likeness (QED) is 0.864. The van der Waals surface area contributed by atoms with Crippen molar-refractivity contribution in [2.45, 2.75) is 58.0 Å². The Kier molecular flexibility index (Phi) is 7.91. The first-order valence-corrected chi connectivity index (χ1v) is 8.18. The van der Waals surface area contributed by atoms with Gasteiger partial charge in [0.25, 0.3) is 0 Å². The number of hydrogen-bond donors (Lipinski definition) is 2. The molecule has 1 aliphatic carbocycles. The van der Waals surface area contributed by atoms with E-state index in [0.29, 0.717) is 18.3 Å². The van der Waals surface area contributed by atoms with Crippen LogP contribution in [0.15, 0.2) is 30.3 Å². The van der Waals surface area contributed by atoms with E-state index >= 15 is 0 Å². The molecule has 0 aliphatic heterocycles. The molecule has 0 spiro atoms. The summed E-state index contributed by atoms with van der Waals surface area (Å²) in [4.78, 5) is 12.4. The second-order valence-electron chi connectivity index (χ2n) is 6.61. The highest BCUT2D eigenvalue weighted by molar-refractivity contribution is 5.85. The highest BCUT2D eigenvalue weighted by atomic mass is 35.5.